The Morgan fingerprint density at radius 3 is 2.74 bits per heavy atom. The Kier molecular flexibility index (Phi) is 10.4. The molecule has 0 saturated carbocycles. The fourth-order valence-electron chi connectivity index (χ4n) is 7.24. The van der Waals surface area contributed by atoms with Crippen molar-refractivity contribution >= 4 is 57.3 Å². The van der Waals surface area contributed by atoms with Crippen molar-refractivity contribution < 1.29 is 36.2 Å². The summed E-state index contributed by atoms with van der Waals surface area (Å²) in [5, 5.41) is -0.0137. The van der Waals surface area contributed by atoms with Gasteiger partial charge in [-0.15, -0.1) is 0 Å². The van der Waals surface area contributed by atoms with Crippen LogP contribution in [0.4, 0.5) is 33.5 Å². The van der Waals surface area contributed by atoms with Gasteiger partial charge in [-0.2, -0.15) is 23.1 Å². The lowest BCUT2D eigenvalue weighted by molar-refractivity contribution is -0.140. The first kappa shape index (κ1) is 36.8. The van der Waals surface area contributed by atoms with Gasteiger partial charge in [0.25, 0.3) is 5.91 Å². The Morgan fingerprint density at radius 1 is 1.26 bits per heavy atom. The zero-order chi connectivity index (χ0) is 36.1. The van der Waals surface area contributed by atoms with Crippen LogP contribution >= 0.6 is 34.2 Å². The van der Waals surface area contributed by atoms with E-state index in [2.05, 4.69) is 14.9 Å². The van der Waals surface area contributed by atoms with Crippen LogP contribution in [0.5, 0.6) is 6.01 Å². The minimum Gasteiger partial charge on any atom is -0.461 e. The molecule has 5 heterocycles. The Labute approximate surface area is 304 Å². The summed E-state index contributed by atoms with van der Waals surface area (Å²) in [4.78, 5) is 31.7. The van der Waals surface area contributed by atoms with Crippen molar-refractivity contribution in [3.63, 3.8) is 0 Å². The smallest absolute Gasteiger partial charge is 0.417 e. The molecule has 2 unspecified atom stereocenters. The van der Waals surface area contributed by atoms with Crippen molar-refractivity contribution in [2.45, 2.75) is 62.7 Å². The third kappa shape index (κ3) is 7.06. The number of carbonyl (C=O) groups is 1. The topological polar surface area (TPSA) is 135 Å². The molecule has 272 valence electrons. The zero-order valence-corrected chi connectivity index (χ0v) is 30.3. The van der Waals surface area contributed by atoms with Gasteiger partial charge in [-0.05, 0) is 54.5 Å². The maximum atomic E-state index is 15.5. The molecule has 2 fully saturated rings. The van der Waals surface area contributed by atoms with E-state index in [4.69, 9.17) is 37.5 Å². The molecule has 18 heteroatoms. The summed E-state index contributed by atoms with van der Waals surface area (Å²) < 4.78 is 84.9. The third-order valence-corrected chi connectivity index (χ3v) is 10.9. The van der Waals surface area contributed by atoms with Gasteiger partial charge in [0, 0.05) is 61.3 Å². The number of likely N-dealkylation sites (N-methyl/N-ethyl adjacent to an activating group) is 1. The van der Waals surface area contributed by atoms with Gasteiger partial charge >= 0.3 is 12.2 Å². The highest BCUT2D eigenvalue weighted by molar-refractivity contribution is 14.1. The van der Waals surface area contributed by atoms with Gasteiger partial charge in [-0.25, -0.2) is 8.78 Å². The van der Waals surface area contributed by atoms with Gasteiger partial charge in [-0.3, -0.25) is 14.7 Å². The van der Waals surface area contributed by atoms with Crippen LogP contribution < -0.4 is 21.1 Å². The number of aromatic nitrogens is 2. The molecule has 0 bridgehead atoms. The largest absolute Gasteiger partial charge is 0.461 e. The van der Waals surface area contributed by atoms with E-state index in [1.807, 2.05) is 4.90 Å². The monoisotopic (exact) mass is 838 g/mol. The van der Waals surface area contributed by atoms with Gasteiger partial charge in [0.15, 0.2) is 5.82 Å². The Balaban J connectivity index is 1.40. The fourth-order valence-corrected chi connectivity index (χ4v) is 8.37. The predicted molar refractivity (Wildman–Crippen MR) is 185 cm³/mol. The third-order valence-electron chi connectivity index (χ3n) is 9.63. The molecule has 0 radical (unpaired) electrons. The molecule has 4 aliphatic heterocycles. The average molecular weight is 839 g/mol. The van der Waals surface area contributed by atoms with E-state index in [1.165, 1.54) is 27.5 Å². The van der Waals surface area contributed by atoms with Crippen molar-refractivity contribution in [2.24, 2.45) is 10.7 Å². The number of hydrogen-bond acceptors (Lipinski definition) is 10. The first-order chi connectivity index (χ1) is 23.6. The van der Waals surface area contributed by atoms with E-state index >= 15 is 4.39 Å². The summed E-state index contributed by atoms with van der Waals surface area (Å²) in [6, 6.07) is 0.882. The fraction of sp³-hybridized carbons (Fsp3) is 0.562. The van der Waals surface area contributed by atoms with Gasteiger partial charge in [0.1, 0.15) is 24.3 Å². The molecule has 11 nitrogen and oxygen atoms in total. The SMILES string of the molecule is CN(C)C(=O)C(N)=C(Cl)C1=NCCCN(c2nc(OC[C@@]34CCCN3CC(F)C4)nc3c2COC(c2c(F)c(N)cc(I)c2C(F)(F)F)C3)C1. The van der Waals surface area contributed by atoms with Crippen LogP contribution in [0.2, 0.25) is 0 Å². The standard InChI is InChI=1S/C32H37ClF5IN8O3/c1-45(2)29(48)27(41)25(33)21-13-46(7-4-6-42-21)28-17-14-49-22(23-24(32(36,37)38)18(39)9-19(40)26(23)35)10-20(17)43-30(44-28)50-15-31-5-3-8-47(31)12-16(34)11-31/h9,16,22H,3-8,10-15,40-41H2,1-2H3/t16?,22?,31-/m0/s1. The number of anilines is 2. The number of amides is 1. The number of carbonyl (C=O) groups excluding carboxylic acids is 1. The van der Waals surface area contributed by atoms with E-state index in [9.17, 15) is 22.4 Å². The molecule has 50 heavy (non-hydrogen) atoms. The highest BCUT2D eigenvalue weighted by atomic mass is 127. The molecule has 2 saturated heterocycles. The lowest BCUT2D eigenvalue weighted by Crippen LogP contribution is -2.43. The van der Waals surface area contributed by atoms with Gasteiger partial charge in [0.2, 0.25) is 0 Å². The summed E-state index contributed by atoms with van der Waals surface area (Å²) in [7, 11) is 3.08. The first-order valence-corrected chi connectivity index (χ1v) is 17.6. The number of hydrogen-bond donors (Lipinski definition) is 2. The number of nitrogens with two attached hydrogens (primary N) is 2. The summed E-state index contributed by atoms with van der Waals surface area (Å²) in [5.41, 5.74) is 10.0. The second-order valence-corrected chi connectivity index (χ2v) is 14.7. The molecular formula is C32H37ClF5IN8O3. The van der Waals surface area contributed by atoms with Crippen LogP contribution in [0.25, 0.3) is 0 Å². The number of ether oxygens (including phenoxy) is 2. The normalized spacial score (nSPS) is 24.7. The van der Waals surface area contributed by atoms with Crippen molar-refractivity contribution in [1.29, 1.82) is 0 Å². The molecule has 0 spiro atoms. The van der Waals surface area contributed by atoms with Gasteiger partial charge in [-0.1, -0.05) is 11.6 Å². The number of alkyl halides is 4. The van der Waals surface area contributed by atoms with E-state index in [0.29, 0.717) is 55.3 Å². The summed E-state index contributed by atoms with van der Waals surface area (Å²) in [6.07, 6.45) is -5.02. The molecule has 4 aliphatic rings. The van der Waals surface area contributed by atoms with Gasteiger partial charge in [0.05, 0.1) is 52.5 Å². The highest BCUT2D eigenvalue weighted by Gasteiger charge is 2.49. The summed E-state index contributed by atoms with van der Waals surface area (Å²) in [6.45, 7) is 1.78. The quantitative estimate of drug-likeness (QED) is 0.176. The number of aliphatic imine (C=N–C) groups is 1. The van der Waals surface area contributed by atoms with E-state index in [-0.39, 0.29) is 46.5 Å². The Hall–Kier alpha value is -3.03. The number of rotatable bonds is 7. The molecule has 1 aromatic carbocycles. The second kappa shape index (κ2) is 14.2. The molecule has 4 N–H and O–H groups in total. The number of fused-ring (bicyclic) bond motifs is 2. The minimum absolute atomic E-state index is 0.0137. The van der Waals surface area contributed by atoms with Crippen molar-refractivity contribution in [2.75, 3.05) is 64.1 Å². The van der Waals surface area contributed by atoms with Gasteiger partial charge < -0.3 is 30.7 Å². The number of nitrogen functional groups attached to an aromatic ring is 1. The zero-order valence-electron chi connectivity index (χ0n) is 27.4. The first-order valence-electron chi connectivity index (χ1n) is 16.1. The van der Waals surface area contributed by atoms with E-state index < -0.39 is 52.5 Å². The van der Waals surface area contributed by atoms with Crippen LogP contribution in [-0.4, -0.2) is 96.5 Å². The number of halogens is 7. The lowest BCUT2D eigenvalue weighted by atomic mass is 9.93. The second-order valence-electron chi connectivity index (χ2n) is 13.2. The number of nitrogens with zero attached hydrogens (tertiary/aromatic N) is 6. The Bertz CT molecular complexity index is 1740. The maximum absolute atomic E-state index is 15.5. The van der Waals surface area contributed by atoms with Crippen LogP contribution in [0.3, 0.4) is 0 Å². The molecular weight excluding hydrogens is 802 g/mol. The van der Waals surface area contributed by atoms with Crippen molar-refractivity contribution in [1.82, 2.24) is 19.8 Å². The Morgan fingerprint density at radius 2 is 2.02 bits per heavy atom. The molecule has 1 aromatic heterocycles. The summed E-state index contributed by atoms with van der Waals surface area (Å²) >= 11 is 8.10. The van der Waals surface area contributed by atoms with Crippen LogP contribution in [-0.2, 0) is 28.7 Å². The molecule has 6 rings (SSSR count). The van der Waals surface area contributed by atoms with E-state index in [0.717, 1.165) is 25.5 Å². The molecule has 3 atom stereocenters. The summed E-state index contributed by atoms with van der Waals surface area (Å²) in [5.74, 6) is -1.35. The van der Waals surface area contributed by atoms with Crippen molar-refractivity contribution in [3.8, 4) is 6.01 Å². The molecule has 2 aromatic rings. The van der Waals surface area contributed by atoms with Crippen LogP contribution in [0.15, 0.2) is 21.8 Å². The number of benzene rings is 1. The maximum Gasteiger partial charge on any atom is 0.417 e. The van der Waals surface area contributed by atoms with Crippen LogP contribution in [0, 0.1) is 9.39 Å². The molecule has 0 aliphatic carbocycles. The lowest BCUT2D eigenvalue weighted by Gasteiger charge is -2.33. The van der Waals surface area contributed by atoms with E-state index in [1.54, 1.807) is 14.1 Å². The predicted octanol–water partition coefficient (Wildman–Crippen LogP) is 4.74. The molecule has 1 amide bonds. The highest BCUT2D eigenvalue weighted by Crippen LogP contribution is 2.45. The average Bonchev–Trinajstić information content (AvgIpc) is 3.46. The minimum atomic E-state index is -4.89. The van der Waals surface area contributed by atoms with Crippen LogP contribution in [0.1, 0.15) is 54.2 Å². The van der Waals surface area contributed by atoms with Crippen molar-refractivity contribution in [3.05, 3.63) is 48.6 Å².